The number of halogens is 4. The summed E-state index contributed by atoms with van der Waals surface area (Å²) in [4.78, 5) is 16.7. The van der Waals surface area contributed by atoms with Crippen LogP contribution in [0, 0.1) is 28.8 Å². The average molecular weight is 449 g/mol. The van der Waals surface area contributed by atoms with Crippen LogP contribution in [0.5, 0.6) is 0 Å². The molecule has 2 bridgehead atoms. The second-order valence-electron chi connectivity index (χ2n) is 8.04. The van der Waals surface area contributed by atoms with Crippen molar-refractivity contribution in [3.05, 3.63) is 63.9 Å². The van der Waals surface area contributed by atoms with Gasteiger partial charge >= 0.3 is 0 Å². The van der Waals surface area contributed by atoms with Gasteiger partial charge in [-0.05, 0) is 42.7 Å². The molecule has 162 valence electrons. The molecule has 0 saturated carbocycles. The summed E-state index contributed by atoms with van der Waals surface area (Å²) in [7, 11) is 0. The summed E-state index contributed by atoms with van der Waals surface area (Å²) in [5, 5.41) is 9.42. The van der Waals surface area contributed by atoms with E-state index in [2.05, 4.69) is 4.90 Å². The summed E-state index contributed by atoms with van der Waals surface area (Å²) >= 11 is 6.14. The van der Waals surface area contributed by atoms with Crippen molar-refractivity contribution in [3.8, 4) is 6.07 Å². The van der Waals surface area contributed by atoms with Crippen molar-refractivity contribution >= 4 is 23.2 Å². The quantitative estimate of drug-likeness (QED) is 0.712. The van der Waals surface area contributed by atoms with Crippen molar-refractivity contribution in [1.29, 1.82) is 5.26 Å². The smallest absolute Gasteiger partial charge is 0.224 e. The molecule has 2 N–H and O–H groups in total. The van der Waals surface area contributed by atoms with Crippen LogP contribution in [0.4, 0.5) is 18.9 Å². The van der Waals surface area contributed by atoms with E-state index >= 15 is 0 Å². The fraction of sp³-hybridized carbons (Fsp3) is 0.364. The SMILES string of the molecule is N#Cc1ccc(N2C[C@@H]3C[C@@H]2CN3C(=O)C[C@H](N)Cc2cc(F)c(F)cc2F)cc1Cl. The molecule has 2 aromatic carbocycles. The lowest BCUT2D eigenvalue weighted by Gasteiger charge is -2.36. The second kappa shape index (κ2) is 8.40. The van der Waals surface area contributed by atoms with Crippen LogP contribution < -0.4 is 10.6 Å². The number of carbonyl (C=O) groups is 1. The molecule has 5 nitrogen and oxygen atoms in total. The van der Waals surface area contributed by atoms with Crippen LogP contribution in [0.15, 0.2) is 30.3 Å². The van der Waals surface area contributed by atoms with Crippen LogP contribution in [0.1, 0.15) is 24.0 Å². The molecule has 0 aliphatic carbocycles. The van der Waals surface area contributed by atoms with E-state index in [-0.39, 0.29) is 36.4 Å². The summed E-state index contributed by atoms with van der Waals surface area (Å²) in [6.07, 6.45) is 0.743. The van der Waals surface area contributed by atoms with Gasteiger partial charge in [-0.25, -0.2) is 13.2 Å². The monoisotopic (exact) mass is 448 g/mol. The number of amides is 1. The van der Waals surface area contributed by atoms with Crippen molar-refractivity contribution in [2.45, 2.75) is 37.4 Å². The third kappa shape index (κ3) is 4.21. The Morgan fingerprint density at radius 3 is 2.55 bits per heavy atom. The average Bonchev–Trinajstić information content (AvgIpc) is 3.33. The molecule has 9 heteroatoms. The number of nitrogens with zero attached hydrogens (tertiary/aromatic N) is 3. The highest BCUT2D eigenvalue weighted by Gasteiger charge is 2.45. The molecule has 0 aromatic heterocycles. The maximum absolute atomic E-state index is 13.8. The molecule has 2 aliphatic rings. The lowest BCUT2D eigenvalue weighted by atomic mass is 10.0. The first-order valence-electron chi connectivity index (χ1n) is 9.91. The Hall–Kier alpha value is -2.76. The Morgan fingerprint density at radius 1 is 1.16 bits per heavy atom. The van der Waals surface area contributed by atoms with E-state index in [1.165, 1.54) is 0 Å². The number of fused-ring (bicyclic) bond motifs is 2. The molecule has 2 heterocycles. The number of rotatable bonds is 5. The number of hydrogen-bond donors (Lipinski definition) is 1. The number of anilines is 1. The zero-order valence-corrected chi connectivity index (χ0v) is 17.2. The predicted molar refractivity (Wildman–Crippen MR) is 110 cm³/mol. The Kier molecular flexibility index (Phi) is 5.82. The standard InChI is InChI=1S/C22H20ClF3N4O/c23-18-7-15(2-1-12(18)9-27)29-10-17-6-16(29)11-30(17)22(31)5-14(28)3-13-4-20(25)21(26)8-19(13)24/h1-2,4,7-8,14,16-17H,3,5-6,10-11,28H2/t14-,16-,17+/m1/s1. The van der Waals surface area contributed by atoms with Gasteiger partial charge in [0, 0.05) is 43.3 Å². The zero-order valence-electron chi connectivity index (χ0n) is 16.5. The van der Waals surface area contributed by atoms with E-state index in [0.29, 0.717) is 29.7 Å². The maximum atomic E-state index is 13.8. The molecular weight excluding hydrogens is 429 g/mol. The van der Waals surface area contributed by atoms with Crippen LogP contribution in [0.25, 0.3) is 0 Å². The van der Waals surface area contributed by atoms with E-state index in [1.54, 1.807) is 17.0 Å². The summed E-state index contributed by atoms with van der Waals surface area (Å²) < 4.78 is 40.3. The van der Waals surface area contributed by atoms with E-state index in [4.69, 9.17) is 22.6 Å². The summed E-state index contributed by atoms with van der Waals surface area (Å²) in [5.41, 5.74) is 7.29. The summed E-state index contributed by atoms with van der Waals surface area (Å²) in [5.74, 6) is -3.42. The molecule has 4 rings (SSSR count). The Bertz CT molecular complexity index is 1070. The Morgan fingerprint density at radius 2 is 1.90 bits per heavy atom. The molecule has 2 aromatic rings. The first-order valence-corrected chi connectivity index (χ1v) is 10.3. The number of hydrogen-bond acceptors (Lipinski definition) is 4. The minimum Gasteiger partial charge on any atom is -0.365 e. The van der Waals surface area contributed by atoms with Gasteiger partial charge in [0.2, 0.25) is 5.91 Å². The highest BCUT2D eigenvalue weighted by Crippen LogP contribution is 2.36. The van der Waals surface area contributed by atoms with Gasteiger partial charge in [-0.15, -0.1) is 0 Å². The number of likely N-dealkylation sites (tertiary alicyclic amines) is 1. The predicted octanol–water partition coefficient (Wildman–Crippen LogP) is 3.38. The molecular formula is C22H20ClF3N4O. The lowest BCUT2D eigenvalue weighted by Crippen LogP contribution is -2.50. The van der Waals surface area contributed by atoms with E-state index in [9.17, 15) is 18.0 Å². The fourth-order valence-corrected chi connectivity index (χ4v) is 4.70. The van der Waals surface area contributed by atoms with Crippen LogP contribution in [-0.2, 0) is 11.2 Å². The first-order chi connectivity index (χ1) is 14.8. The third-order valence-corrected chi connectivity index (χ3v) is 6.29. The van der Waals surface area contributed by atoms with Crippen LogP contribution in [0.2, 0.25) is 5.02 Å². The van der Waals surface area contributed by atoms with Gasteiger partial charge < -0.3 is 15.5 Å². The van der Waals surface area contributed by atoms with Gasteiger partial charge in [-0.3, -0.25) is 4.79 Å². The molecule has 2 aliphatic heterocycles. The van der Waals surface area contributed by atoms with Crippen molar-refractivity contribution < 1.29 is 18.0 Å². The van der Waals surface area contributed by atoms with E-state index in [0.717, 1.165) is 18.2 Å². The highest BCUT2D eigenvalue weighted by molar-refractivity contribution is 6.32. The van der Waals surface area contributed by atoms with Crippen molar-refractivity contribution in [2.24, 2.45) is 5.73 Å². The number of carbonyl (C=O) groups excluding carboxylic acids is 1. The van der Waals surface area contributed by atoms with Gasteiger partial charge in [-0.1, -0.05) is 11.6 Å². The minimum atomic E-state index is -1.26. The molecule has 0 unspecified atom stereocenters. The normalized spacial score (nSPS) is 20.8. The Labute approximate surface area is 182 Å². The second-order valence-corrected chi connectivity index (χ2v) is 8.45. The molecule has 31 heavy (non-hydrogen) atoms. The maximum Gasteiger partial charge on any atom is 0.224 e. The van der Waals surface area contributed by atoms with Gasteiger partial charge in [0.25, 0.3) is 0 Å². The number of nitriles is 1. The third-order valence-electron chi connectivity index (χ3n) is 5.97. The molecule has 2 fully saturated rings. The van der Waals surface area contributed by atoms with Gasteiger partial charge in [0.05, 0.1) is 16.6 Å². The fourth-order valence-electron chi connectivity index (χ4n) is 4.48. The van der Waals surface area contributed by atoms with Gasteiger partial charge in [0.1, 0.15) is 11.9 Å². The zero-order chi connectivity index (χ0) is 22.3. The van der Waals surface area contributed by atoms with E-state index < -0.39 is 23.5 Å². The molecule has 1 amide bonds. The largest absolute Gasteiger partial charge is 0.365 e. The molecule has 3 atom stereocenters. The topological polar surface area (TPSA) is 73.4 Å². The molecule has 2 saturated heterocycles. The minimum absolute atomic E-state index is 0.00957. The van der Waals surface area contributed by atoms with Gasteiger partial charge in [0.15, 0.2) is 11.6 Å². The molecule has 0 spiro atoms. The van der Waals surface area contributed by atoms with Crippen molar-refractivity contribution in [1.82, 2.24) is 4.90 Å². The number of benzene rings is 2. The number of piperazine rings is 1. The highest BCUT2D eigenvalue weighted by atomic mass is 35.5. The van der Waals surface area contributed by atoms with Crippen molar-refractivity contribution in [2.75, 3.05) is 18.0 Å². The lowest BCUT2D eigenvalue weighted by molar-refractivity contribution is -0.132. The Balaban J connectivity index is 1.36. The summed E-state index contributed by atoms with van der Waals surface area (Å²) in [6.45, 7) is 1.18. The van der Waals surface area contributed by atoms with Crippen LogP contribution in [-0.4, -0.2) is 42.0 Å². The summed E-state index contributed by atoms with van der Waals surface area (Å²) in [6, 6.07) is 8.06. The van der Waals surface area contributed by atoms with Crippen LogP contribution >= 0.6 is 11.6 Å². The van der Waals surface area contributed by atoms with E-state index in [1.807, 2.05) is 12.1 Å². The molecule has 0 radical (unpaired) electrons. The van der Waals surface area contributed by atoms with Crippen molar-refractivity contribution in [3.63, 3.8) is 0 Å². The van der Waals surface area contributed by atoms with Crippen LogP contribution in [0.3, 0.4) is 0 Å². The van der Waals surface area contributed by atoms with Gasteiger partial charge in [-0.2, -0.15) is 5.26 Å². The number of nitrogens with two attached hydrogens (primary N) is 1. The first kappa shape index (κ1) is 21.5.